The number of hydrogen-bond acceptors (Lipinski definition) is 2. The average molecular weight is 182 g/mol. The largest absolute Gasteiger partial charge is 0.404 e. The molecule has 0 rings (SSSR count). The normalized spacial score (nSPS) is 13.1. The first-order valence-corrected chi connectivity index (χ1v) is 5.11. The summed E-state index contributed by atoms with van der Waals surface area (Å²) in [6, 6.07) is 0. The van der Waals surface area contributed by atoms with Crippen LogP contribution in [0, 0.1) is 5.92 Å². The van der Waals surface area contributed by atoms with Gasteiger partial charge in [-0.1, -0.05) is 20.3 Å². The minimum Gasteiger partial charge on any atom is -0.404 e. The molecule has 0 radical (unpaired) electrons. The summed E-state index contributed by atoms with van der Waals surface area (Å²) in [6.07, 6.45) is 7.08. The summed E-state index contributed by atoms with van der Waals surface area (Å²) in [5.41, 5.74) is 6.63. The molecule has 0 atom stereocenters. The fourth-order valence-electron chi connectivity index (χ4n) is 1.11. The molecule has 76 valence electrons. The van der Waals surface area contributed by atoms with Gasteiger partial charge in [-0.25, -0.2) is 0 Å². The lowest BCUT2D eigenvalue weighted by Gasteiger charge is -2.03. The Morgan fingerprint density at radius 2 is 2.15 bits per heavy atom. The van der Waals surface area contributed by atoms with E-state index in [0.29, 0.717) is 0 Å². The van der Waals surface area contributed by atoms with Crippen molar-refractivity contribution in [1.29, 1.82) is 0 Å². The van der Waals surface area contributed by atoms with Crippen LogP contribution in [0.15, 0.2) is 16.8 Å². The topological polar surface area (TPSA) is 38.4 Å². The molecule has 0 saturated heterocycles. The lowest BCUT2D eigenvalue weighted by molar-refractivity contribution is 0.557. The highest BCUT2D eigenvalue weighted by Gasteiger charge is 1.96. The van der Waals surface area contributed by atoms with Crippen molar-refractivity contribution in [2.24, 2.45) is 16.6 Å². The molecule has 0 unspecified atom stereocenters. The van der Waals surface area contributed by atoms with Gasteiger partial charge in [0.25, 0.3) is 0 Å². The summed E-state index contributed by atoms with van der Waals surface area (Å²) >= 11 is 0. The van der Waals surface area contributed by atoms with Crippen molar-refractivity contribution in [3.63, 3.8) is 0 Å². The highest BCUT2D eigenvalue weighted by Crippen LogP contribution is 2.10. The number of aliphatic imine (C=N–C) groups is 1. The van der Waals surface area contributed by atoms with Crippen LogP contribution in [0.25, 0.3) is 0 Å². The second-order valence-corrected chi connectivity index (χ2v) is 3.66. The van der Waals surface area contributed by atoms with Gasteiger partial charge in [-0.15, -0.1) is 0 Å². The maximum Gasteiger partial charge on any atom is 0.0361 e. The number of nitrogens with zero attached hydrogens (tertiary/aromatic N) is 1. The Labute approximate surface area is 81.9 Å². The standard InChI is InChI=1S/C11H22N2/c1-4-13-9-11(8-12)7-5-6-10(2)3/h8-10H,4-7,12H2,1-3H3. The fourth-order valence-corrected chi connectivity index (χ4v) is 1.11. The molecule has 0 aliphatic heterocycles. The second kappa shape index (κ2) is 7.84. The summed E-state index contributed by atoms with van der Waals surface area (Å²) in [4.78, 5) is 4.17. The minimum atomic E-state index is 0.780. The predicted molar refractivity (Wildman–Crippen MR) is 60.0 cm³/mol. The Kier molecular flexibility index (Phi) is 7.36. The van der Waals surface area contributed by atoms with Crippen LogP contribution in [0.2, 0.25) is 0 Å². The van der Waals surface area contributed by atoms with E-state index in [0.717, 1.165) is 24.5 Å². The van der Waals surface area contributed by atoms with Crippen LogP contribution >= 0.6 is 0 Å². The molecule has 0 aromatic rings. The first kappa shape index (κ1) is 12.2. The number of hydrogen-bond donors (Lipinski definition) is 1. The van der Waals surface area contributed by atoms with Crippen LogP contribution in [0.5, 0.6) is 0 Å². The van der Waals surface area contributed by atoms with E-state index in [1.807, 2.05) is 13.1 Å². The van der Waals surface area contributed by atoms with Crippen LogP contribution in [0.4, 0.5) is 0 Å². The number of allylic oxidation sites excluding steroid dienone is 1. The molecule has 0 fully saturated rings. The zero-order chi connectivity index (χ0) is 10.1. The van der Waals surface area contributed by atoms with E-state index in [2.05, 4.69) is 18.8 Å². The minimum absolute atomic E-state index is 0.780. The number of rotatable bonds is 6. The average Bonchev–Trinajstić information content (AvgIpc) is 2.10. The van der Waals surface area contributed by atoms with Crippen molar-refractivity contribution in [2.45, 2.75) is 40.0 Å². The van der Waals surface area contributed by atoms with Gasteiger partial charge in [-0.2, -0.15) is 0 Å². The molecule has 0 bridgehead atoms. The summed E-state index contributed by atoms with van der Waals surface area (Å²) in [6.45, 7) is 7.35. The van der Waals surface area contributed by atoms with Crippen molar-refractivity contribution < 1.29 is 0 Å². The van der Waals surface area contributed by atoms with Gasteiger partial charge in [0.05, 0.1) is 0 Å². The molecule has 0 amide bonds. The van der Waals surface area contributed by atoms with E-state index >= 15 is 0 Å². The monoisotopic (exact) mass is 182 g/mol. The molecule has 0 spiro atoms. The summed E-state index contributed by atoms with van der Waals surface area (Å²) in [5, 5.41) is 0. The van der Waals surface area contributed by atoms with Crippen LogP contribution in [0.1, 0.15) is 40.0 Å². The molecule has 0 aliphatic rings. The van der Waals surface area contributed by atoms with Crippen molar-refractivity contribution >= 4 is 6.21 Å². The maximum absolute atomic E-state index is 5.48. The zero-order valence-electron chi connectivity index (χ0n) is 9.09. The smallest absolute Gasteiger partial charge is 0.0361 e. The summed E-state index contributed by atoms with van der Waals surface area (Å²) in [7, 11) is 0. The molecule has 2 heteroatoms. The van der Waals surface area contributed by atoms with Gasteiger partial charge in [0.2, 0.25) is 0 Å². The van der Waals surface area contributed by atoms with Gasteiger partial charge in [0.15, 0.2) is 0 Å². The van der Waals surface area contributed by atoms with Gasteiger partial charge in [0.1, 0.15) is 0 Å². The van der Waals surface area contributed by atoms with Crippen molar-refractivity contribution in [3.05, 3.63) is 11.8 Å². The van der Waals surface area contributed by atoms with E-state index in [-0.39, 0.29) is 0 Å². The Hall–Kier alpha value is -0.790. The molecule has 0 heterocycles. The lowest BCUT2D eigenvalue weighted by Crippen LogP contribution is -1.94. The molecular formula is C11H22N2. The quantitative estimate of drug-likeness (QED) is 0.630. The highest BCUT2D eigenvalue weighted by atomic mass is 14.7. The Bertz CT molecular complexity index is 169. The molecule has 0 aromatic heterocycles. The molecule has 2 N–H and O–H groups in total. The summed E-state index contributed by atoms with van der Waals surface area (Å²) in [5.74, 6) is 0.780. The van der Waals surface area contributed by atoms with Crippen LogP contribution in [0.3, 0.4) is 0 Å². The van der Waals surface area contributed by atoms with Gasteiger partial charge in [-0.05, 0) is 37.5 Å². The number of nitrogens with two attached hydrogens (primary N) is 1. The van der Waals surface area contributed by atoms with Crippen molar-refractivity contribution in [3.8, 4) is 0 Å². The van der Waals surface area contributed by atoms with Gasteiger partial charge in [-0.3, -0.25) is 4.99 Å². The van der Waals surface area contributed by atoms with Gasteiger partial charge < -0.3 is 5.73 Å². The second-order valence-electron chi connectivity index (χ2n) is 3.66. The molecule has 13 heavy (non-hydrogen) atoms. The third-order valence-corrected chi connectivity index (χ3v) is 1.90. The van der Waals surface area contributed by atoms with Crippen LogP contribution in [-0.4, -0.2) is 12.8 Å². The summed E-state index contributed by atoms with van der Waals surface area (Å²) < 4.78 is 0. The Morgan fingerprint density at radius 3 is 2.62 bits per heavy atom. The fraction of sp³-hybridized carbons (Fsp3) is 0.727. The molecular weight excluding hydrogens is 160 g/mol. The van der Waals surface area contributed by atoms with E-state index < -0.39 is 0 Å². The van der Waals surface area contributed by atoms with E-state index in [1.54, 1.807) is 6.20 Å². The van der Waals surface area contributed by atoms with Gasteiger partial charge >= 0.3 is 0 Å². The van der Waals surface area contributed by atoms with E-state index in [9.17, 15) is 0 Å². The van der Waals surface area contributed by atoms with E-state index in [1.165, 1.54) is 12.8 Å². The lowest BCUT2D eigenvalue weighted by atomic mass is 10.0. The van der Waals surface area contributed by atoms with Crippen molar-refractivity contribution in [2.75, 3.05) is 6.54 Å². The SMILES string of the molecule is CCN=CC(=CN)CCCC(C)C. The van der Waals surface area contributed by atoms with Crippen LogP contribution < -0.4 is 5.73 Å². The highest BCUT2D eigenvalue weighted by molar-refractivity contribution is 5.78. The van der Waals surface area contributed by atoms with Gasteiger partial charge in [0, 0.05) is 12.8 Å². The zero-order valence-corrected chi connectivity index (χ0v) is 9.09. The molecule has 2 nitrogen and oxygen atoms in total. The molecule has 0 aromatic carbocycles. The first-order valence-electron chi connectivity index (χ1n) is 5.11. The van der Waals surface area contributed by atoms with E-state index in [4.69, 9.17) is 5.73 Å². The maximum atomic E-state index is 5.48. The third-order valence-electron chi connectivity index (χ3n) is 1.90. The predicted octanol–water partition coefficient (Wildman–Crippen LogP) is 2.75. The Balaban J connectivity index is 3.68. The first-order chi connectivity index (χ1) is 6.20. The Morgan fingerprint density at radius 1 is 1.46 bits per heavy atom. The van der Waals surface area contributed by atoms with Crippen molar-refractivity contribution in [1.82, 2.24) is 0 Å². The molecule has 0 aliphatic carbocycles. The van der Waals surface area contributed by atoms with Crippen LogP contribution in [-0.2, 0) is 0 Å². The molecule has 0 saturated carbocycles. The third kappa shape index (κ3) is 7.57.